The van der Waals surface area contributed by atoms with E-state index in [1.165, 1.54) is 0 Å². The Labute approximate surface area is 131 Å². The van der Waals surface area contributed by atoms with Crippen molar-refractivity contribution >= 4 is 11.2 Å². The number of nitrogens with zero attached hydrogens (tertiary/aromatic N) is 3. The van der Waals surface area contributed by atoms with Crippen molar-refractivity contribution in [3.63, 3.8) is 0 Å². The van der Waals surface area contributed by atoms with Crippen molar-refractivity contribution in [2.75, 3.05) is 13.1 Å². The van der Waals surface area contributed by atoms with Gasteiger partial charge in [-0.1, -0.05) is 20.8 Å². The van der Waals surface area contributed by atoms with E-state index >= 15 is 0 Å². The lowest BCUT2D eigenvalue weighted by Gasteiger charge is -2.22. The van der Waals surface area contributed by atoms with Gasteiger partial charge in [-0.3, -0.25) is 9.13 Å². The van der Waals surface area contributed by atoms with Crippen molar-refractivity contribution in [2.45, 2.75) is 46.1 Å². The van der Waals surface area contributed by atoms with Crippen molar-refractivity contribution in [1.82, 2.24) is 19.4 Å². The maximum atomic E-state index is 12.5. The van der Waals surface area contributed by atoms with Gasteiger partial charge in [-0.25, -0.2) is 9.78 Å². The highest BCUT2D eigenvalue weighted by Gasteiger charge is 2.21. The van der Waals surface area contributed by atoms with E-state index in [0.717, 1.165) is 42.8 Å². The first kappa shape index (κ1) is 15.3. The van der Waals surface area contributed by atoms with E-state index in [0.29, 0.717) is 12.5 Å². The standard InChI is InChI=1S/C17H26N4O/c1-17(2,3)11-21-14-6-5-13(12-7-9-18-10-8-12)19-15(14)20(4)16(21)22/h5-6,12,18H,7-11H2,1-4H3. The summed E-state index contributed by atoms with van der Waals surface area (Å²) < 4.78 is 3.54. The first-order valence-corrected chi connectivity index (χ1v) is 8.14. The van der Waals surface area contributed by atoms with Crippen LogP contribution in [0.25, 0.3) is 11.2 Å². The average Bonchev–Trinajstić information content (AvgIpc) is 2.71. The molecule has 3 heterocycles. The Balaban J connectivity index is 2.06. The number of aryl methyl sites for hydroxylation is 1. The van der Waals surface area contributed by atoms with E-state index < -0.39 is 0 Å². The van der Waals surface area contributed by atoms with Crippen LogP contribution in [-0.2, 0) is 13.6 Å². The van der Waals surface area contributed by atoms with Crippen LogP contribution in [-0.4, -0.2) is 27.2 Å². The van der Waals surface area contributed by atoms with E-state index in [-0.39, 0.29) is 11.1 Å². The fraction of sp³-hybridized carbons (Fsp3) is 0.647. The zero-order valence-corrected chi connectivity index (χ0v) is 14.0. The Morgan fingerprint density at radius 1 is 1.27 bits per heavy atom. The number of fused-ring (bicyclic) bond motifs is 1. The van der Waals surface area contributed by atoms with E-state index in [1.807, 2.05) is 11.6 Å². The van der Waals surface area contributed by atoms with Gasteiger partial charge in [-0.2, -0.15) is 0 Å². The Bertz CT molecular complexity index is 729. The summed E-state index contributed by atoms with van der Waals surface area (Å²) in [5.41, 5.74) is 2.97. The predicted molar refractivity (Wildman–Crippen MR) is 89.3 cm³/mol. The van der Waals surface area contributed by atoms with Gasteiger partial charge >= 0.3 is 5.69 Å². The summed E-state index contributed by atoms with van der Waals surface area (Å²) in [6, 6.07) is 4.18. The molecule has 0 saturated carbocycles. The minimum absolute atomic E-state index is 0.0277. The fourth-order valence-electron chi connectivity index (χ4n) is 3.26. The van der Waals surface area contributed by atoms with Crippen LogP contribution in [0.4, 0.5) is 0 Å². The number of nitrogens with one attached hydrogen (secondary N) is 1. The molecular weight excluding hydrogens is 276 g/mol. The van der Waals surface area contributed by atoms with E-state index in [9.17, 15) is 4.79 Å². The van der Waals surface area contributed by atoms with E-state index in [1.54, 1.807) is 4.57 Å². The molecular formula is C17H26N4O. The maximum Gasteiger partial charge on any atom is 0.330 e. The summed E-state index contributed by atoms with van der Waals surface area (Å²) in [5, 5.41) is 3.38. The SMILES string of the molecule is Cn1c(=O)n(CC(C)(C)C)c2ccc(C3CCNCC3)nc21. The molecule has 5 nitrogen and oxygen atoms in total. The number of pyridine rings is 1. The van der Waals surface area contributed by atoms with E-state index in [2.05, 4.69) is 38.2 Å². The molecule has 0 aromatic carbocycles. The minimum atomic E-state index is 0.0277. The Morgan fingerprint density at radius 3 is 2.59 bits per heavy atom. The van der Waals surface area contributed by atoms with Crippen LogP contribution in [0.15, 0.2) is 16.9 Å². The molecule has 3 rings (SSSR count). The lowest BCUT2D eigenvalue weighted by atomic mass is 9.94. The quantitative estimate of drug-likeness (QED) is 0.925. The molecule has 1 aliphatic rings. The van der Waals surface area contributed by atoms with Crippen LogP contribution in [0.5, 0.6) is 0 Å². The highest BCUT2D eigenvalue weighted by molar-refractivity contribution is 5.72. The first-order valence-electron chi connectivity index (χ1n) is 8.14. The number of hydrogen-bond acceptors (Lipinski definition) is 3. The zero-order valence-electron chi connectivity index (χ0n) is 14.0. The predicted octanol–water partition coefficient (Wildman–Crippen LogP) is 2.25. The van der Waals surface area contributed by atoms with Gasteiger partial charge in [-0.15, -0.1) is 0 Å². The molecule has 0 spiro atoms. The molecule has 22 heavy (non-hydrogen) atoms. The van der Waals surface area contributed by atoms with Crippen molar-refractivity contribution < 1.29 is 0 Å². The monoisotopic (exact) mass is 302 g/mol. The molecule has 1 N–H and O–H groups in total. The van der Waals surface area contributed by atoms with Crippen LogP contribution in [0.2, 0.25) is 0 Å². The van der Waals surface area contributed by atoms with Gasteiger partial charge in [0.15, 0.2) is 5.65 Å². The van der Waals surface area contributed by atoms with Crippen molar-refractivity contribution in [3.8, 4) is 0 Å². The Kier molecular flexibility index (Phi) is 3.85. The summed E-state index contributed by atoms with van der Waals surface area (Å²) in [6.45, 7) is 9.25. The second-order valence-corrected chi connectivity index (χ2v) is 7.59. The zero-order chi connectivity index (χ0) is 15.9. The molecule has 1 aliphatic heterocycles. The number of hydrogen-bond donors (Lipinski definition) is 1. The molecule has 1 saturated heterocycles. The van der Waals surface area contributed by atoms with Gasteiger partial charge in [-0.05, 0) is 43.5 Å². The molecule has 120 valence electrons. The van der Waals surface area contributed by atoms with Gasteiger partial charge in [0, 0.05) is 25.2 Å². The summed E-state index contributed by atoms with van der Waals surface area (Å²) in [4.78, 5) is 17.4. The largest absolute Gasteiger partial charge is 0.330 e. The molecule has 0 aliphatic carbocycles. The topological polar surface area (TPSA) is 51.9 Å². The van der Waals surface area contributed by atoms with Crippen LogP contribution in [0.3, 0.4) is 0 Å². The van der Waals surface area contributed by atoms with Crippen molar-refractivity contribution in [3.05, 3.63) is 28.3 Å². The van der Waals surface area contributed by atoms with Gasteiger partial charge in [0.2, 0.25) is 0 Å². The third-order valence-corrected chi connectivity index (χ3v) is 4.39. The lowest BCUT2D eigenvalue weighted by molar-refractivity contribution is 0.342. The molecule has 1 fully saturated rings. The minimum Gasteiger partial charge on any atom is -0.317 e. The van der Waals surface area contributed by atoms with Crippen LogP contribution in [0.1, 0.15) is 45.2 Å². The lowest BCUT2D eigenvalue weighted by Crippen LogP contribution is -2.27. The summed E-state index contributed by atoms with van der Waals surface area (Å²) >= 11 is 0. The molecule has 0 unspecified atom stereocenters. The number of piperidine rings is 1. The highest BCUT2D eigenvalue weighted by Crippen LogP contribution is 2.26. The normalized spacial score (nSPS) is 17.3. The van der Waals surface area contributed by atoms with Gasteiger partial charge < -0.3 is 5.32 Å². The number of aromatic nitrogens is 3. The molecule has 2 aromatic rings. The Morgan fingerprint density at radius 2 is 1.95 bits per heavy atom. The molecule has 0 amide bonds. The summed E-state index contributed by atoms with van der Waals surface area (Å²) in [6.07, 6.45) is 2.24. The van der Waals surface area contributed by atoms with Crippen molar-refractivity contribution in [2.24, 2.45) is 12.5 Å². The fourth-order valence-corrected chi connectivity index (χ4v) is 3.26. The van der Waals surface area contributed by atoms with Gasteiger partial charge in [0.1, 0.15) is 0 Å². The maximum absolute atomic E-state index is 12.5. The first-order chi connectivity index (χ1) is 10.4. The number of rotatable bonds is 2. The summed E-state index contributed by atoms with van der Waals surface area (Å²) in [5.74, 6) is 0.506. The second kappa shape index (κ2) is 5.54. The number of imidazole rings is 1. The highest BCUT2D eigenvalue weighted by atomic mass is 16.1. The molecule has 5 heteroatoms. The molecule has 0 atom stereocenters. The van der Waals surface area contributed by atoms with Gasteiger partial charge in [0.25, 0.3) is 0 Å². The van der Waals surface area contributed by atoms with Gasteiger partial charge in [0.05, 0.1) is 5.52 Å². The third-order valence-electron chi connectivity index (χ3n) is 4.39. The van der Waals surface area contributed by atoms with Crippen LogP contribution < -0.4 is 11.0 Å². The van der Waals surface area contributed by atoms with Crippen molar-refractivity contribution in [1.29, 1.82) is 0 Å². The molecule has 0 radical (unpaired) electrons. The molecule has 0 bridgehead atoms. The van der Waals surface area contributed by atoms with Crippen LogP contribution >= 0.6 is 0 Å². The Hall–Kier alpha value is -1.62. The second-order valence-electron chi connectivity index (χ2n) is 7.59. The molecule has 2 aromatic heterocycles. The van der Waals surface area contributed by atoms with Crippen LogP contribution in [0, 0.1) is 5.41 Å². The average molecular weight is 302 g/mol. The smallest absolute Gasteiger partial charge is 0.317 e. The van der Waals surface area contributed by atoms with E-state index in [4.69, 9.17) is 4.98 Å². The summed E-state index contributed by atoms with van der Waals surface area (Å²) in [7, 11) is 1.82. The third kappa shape index (κ3) is 2.82.